The predicted molar refractivity (Wildman–Crippen MR) is 98.3 cm³/mol. The Bertz CT molecular complexity index is 1070. The number of benzene rings is 3. The Morgan fingerprint density at radius 1 is 0.815 bits per heavy atom. The van der Waals surface area contributed by atoms with Crippen molar-refractivity contribution in [3.8, 4) is 11.8 Å². The van der Waals surface area contributed by atoms with Gasteiger partial charge in [0.25, 0.3) is 0 Å². The zero-order valence-electron chi connectivity index (χ0n) is 14.3. The number of carbonyl (C=O) groups excluding carboxylic acids is 1. The van der Waals surface area contributed by atoms with Crippen LogP contribution in [-0.2, 0) is 4.74 Å². The SMILES string of the molecule is N#Cc1ccc(C2O[C@]23C(=O)c2ccccc2O[C@H]3c2ccccc2)cc1. The molecule has 1 unspecified atom stereocenters. The van der Waals surface area contributed by atoms with Gasteiger partial charge in [-0.2, -0.15) is 5.26 Å². The zero-order valence-corrected chi connectivity index (χ0v) is 14.3. The van der Waals surface area contributed by atoms with Crippen LogP contribution in [0, 0.1) is 11.3 Å². The van der Waals surface area contributed by atoms with Gasteiger partial charge >= 0.3 is 0 Å². The Labute approximate surface area is 156 Å². The first-order valence-corrected chi connectivity index (χ1v) is 8.77. The van der Waals surface area contributed by atoms with Crippen LogP contribution in [0.1, 0.15) is 39.3 Å². The number of carbonyl (C=O) groups is 1. The number of hydrogen-bond donors (Lipinski definition) is 0. The van der Waals surface area contributed by atoms with Gasteiger partial charge in [-0.25, -0.2) is 0 Å². The van der Waals surface area contributed by atoms with Crippen molar-refractivity contribution in [2.75, 3.05) is 0 Å². The molecule has 4 nitrogen and oxygen atoms in total. The molecule has 2 aliphatic heterocycles. The minimum absolute atomic E-state index is 0.0624. The van der Waals surface area contributed by atoms with Crippen molar-refractivity contribution in [3.63, 3.8) is 0 Å². The highest BCUT2D eigenvalue weighted by Crippen LogP contribution is 2.61. The molecular formula is C23H15NO3. The summed E-state index contributed by atoms with van der Waals surface area (Å²) in [6.45, 7) is 0. The molecule has 0 aliphatic carbocycles. The Balaban J connectivity index is 1.62. The fourth-order valence-corrected chi connectivity index (χ4v) is 3.83. The molecule has 0 radical (unpaired) electrons. The van der Waals surface area contributed by atoms with Crippen molar-refractivity contribution < 1.29 is 14.3 Å². The molecule has 4 heteroatoms. The normalized spacial score (nSPS) is 25.4. The third-order valence-electron chi connectivity index (χ3n) is 5.21. The molecule has 2 heterocycles. The molecule has 2 aliphatic rings. The second-order valence-electron chi connectivity index (χ2n) is 6.76. The number of nitrogens with zero attached hydrogens (tertiary/aromatic N) is 1. The molecule has 3 aromatic carbocycles. The molecule has 0 amide bonds. The van der Waals surface area contributed by atoms with Gasteiger partial charge in [-0.1, -0.05) is 54.6 Å². The number of rotatable bonds is 2. The van der Waals surface area contributed by atoms with Gasteiger partial charge in [0.2, 0.25) is 11.4 Å². The van der Waals surface area contributed by atoms with Crippen molar-refractivity contribution in [2.24, 2.45) is 0 Å². The number of hydrogen-bond acceptors (Lipinski definition) is 4. The van der Waals surface area contributed by atoms with Crippen LogP contribution in [0.3, 0.4) is 0 Å². The highest BCUT2D eigenvalue weighted by molar-refractivity contribution is 6.08. The van der Waals surface area contributed by atoms with Crippen LogP contribution in [0.15, 0.2) is 78.9 Å². The lowest BCUT2D eigenvalue weighted by molar-refractivity contribution is 0.0523. The topological polar surface area (TPSA) is 62.6 Å². The maximum atomic E-state index is 13.4. The minimum atomic E-state index is -1.08. The van der Waals surface area contributed by atoms with Crippen molar-refractivity contribution in [1.29, 1.82) is 5.26 Å². The van der Waals surface area contributed by atoms with Crippen LogP contribution in [-0.4, -0.2) is 11.4 Å². The summed E-state index contributed by atoms with van der Waals surface area (Å²) in [5.74, 6) is 0.517. The van der Waals surface area contributed by atoms with Gasteiger partial charge in [-0.15, -0.1) is 0 Å². The van der Waals surface area contributed by atoms with E-state index in [1.165, 1.54) is 0 Å². The maximum Gasteiger partial charge on any atom is 0.205 e. The number of ether oxygens (including phenoxy) is 2. The van der Waals surface area contributed by atoms with Crippen LogP contribution in [0.5, 0.6) is 5.75 Å². The quantitative estimate of drug-likeness (QED) is 0.641. The lowest BCUT2D eigenvalue weighted by Gasteiger charge is -2.31. The van der Waals surface area contributed by atoms with Crippen molar-refractivity contribution in [1.82, 2.24) is 0 Å². The van der Waals surface area contributed by atoms with E-state index in [4.69, 9.17) is 14.7 Å². The molecule has 3 aromatic rings. The van der Waals surface area contributed by atoms with Gasteiger partial charge in [0.1, 0.15) is 11.9 Å². The molecule has 0 aromatic heterocycles. The molecule has 1 spiro atoms. The summed E-state index contributed by atoms with van der Waals surface area (Å²) < 4.78 is 12.3. The fourth-order valence-electron chi connectivity index (χ4n) is 3.83. The van der Waals surface area contributed by atoms with Crippen LogP contribution < -0.4 is 4.74 Å². The first kappa shape index (κ1) is 15.8. The van der Waals surface area contributed by atoms with Crippen LogP contribution >= 0.6 is 0 Å². The van der Waals surface area contributed by atoms with Crippen LogP contribution in [0.2, 0.25) is 0 Å². The summed E-state index contributed by atoms with van der Waals surface area (Å²) in [4.78, 5) is 13.4. The molecular weight excluding hydrogens is 338 g/mol. The summed E-state index contributed by atoms with van der Waals surface area (Å²) in [5.41, 5.74) is 1.80. The number of ketones is 1. The number of fused-ring (bicyclic) bond motifs is 1. The third-order valence-corrected chi connectivity index (χ3v) is 5.21. The van der Waals surface area contributed by atoms with Gasteiger partial charge < -0.3 is 9.47 Å². The van der Waals surface area contributed by atoms with Crippen LogP contribution in [0.4, 0.5) is 0 Å². The molecule has 3 atom stereocenters. The molecule has 1 fully saturated rings. The van der Waals surface area contributed by atoms with E-state index in [2.05, 4.69) is 6.07 Å². The van der Waals surface area contributed by atoms with Gasteiger partial charge in [-0.3, -0.25) is 4.79 Å². The van der Waals surface area contributed by atoms with Gasteiger partial charge in [0, 0.05) is 0 Å². The minimum Gasteiger partial charge on any atom is -0.481 e. The zero-order chi connectivity index (χ0) is 18.4. The van der Waals surface area contributed by atoms with Crippen molar-refractivity contribution in [3.05, 3.63) is 101 Å². The van der Waals surface area contributed by atoms with E-state index < -0.39 is 17.8 Å². The summed E-state index contributed by atoms with van der Waals surface area (Å²) in [7, 11) is 0. The lowest BCUT2D eigenvalue weighted by Crippen LogP contribution is -2.40. The highest BCUT2D eigenvalue weighted by atomic mass is 16.6. The fraction of sp³-hybridized carbons (Fsp3) is 0.130. The lowest BCUT2D eigenvalue weighted by atomic mass is 9.81. The average molecular weight is 353 g/mol. The first-order valence-electron chi connectivity index (χ1n) is 8.77. The monoisotopic (exact) mass is 353 g/mol. The maximum absolute atomic E-state index is 13.4. The number of Topliss-reactive ketones (excluding diaryl/α,β-unsaturated/α-hetero) is 1. The van der Waals surface area contributed by atoms with Crippen molar-refractivity contribution in [2.45, 2.75) is 17.8 Å². The Morgan fingerprint density at radius 3 is 2.22 bits per heavy atom. The van der Waals surface area contributed by atoms with E-state index in [0.29, 0.717) is 16.9 Å². The molecule has 0 bridgehead atoms. The molecule has 130 valence electrons. The number of epoxide rings is 1. The third kappa shape index (κ3) is 2.29. The van der Waals surface area contributed by atoms with Gasteiger partial charge in [0.05, 0.1) is 17.2 Å². The largest absolute Gasteiger partial charge is 0.481 e. The van der Waals surface area contributed by atoms with E-state index in [0.717, 1.165) is 11.1 Å². The van der Waals surface area contributed by atoms with Crippen molar-refractivity contribution >= 4 is 5.78 Å². The molecule has 0 N–H and O–H groups in total. The predicted octanol–water partition coefficient (Wildman–Crippen LogP) is 4.38. The summed E-state index contributed by atoms with van der Waals surface area (Å²) >= 11 is 0. The van der Waals surface area contributed by atoms with E-state index in [1.54, 1.807) is 18.2 Å². The summed E-state index contributed by atoms with van der Waals surface area (Å²) in [6, 6.07) is 26.2. The van der Waals surface area contributed by atoms with Gasteiger partial charge in [-0.05, 0) is 35.4 Å². The Hall–Kier alpha value is -3.42. The number of para-hydroxylation sites is 1. The second kappa shape index (κ2) is 5.80. The molecule has 27 heavy (non-hydrogen) atoms. The first-order chi connectivity index (χ1) is 13.2. The van der Waals surface area contributed by atoms with E-state index in [1.807, 2.05) is 60.7 Å². The van der Waals surface area contributed by atoms with E-state index in [9.17, 15) is 4.79 Å². The standard InChI is InChI=1S/C23H15NO3/c24-14-15-10-12-17(13-11-15)22-23(27-22)20(25)18-8-4-5-9-19(18)26-21(23)16-6-2-1-3-7-16/h1-13,21-22H/t21-,22?,23-/m0/s1. The smallest absolute Gasteiger partial charge is 0.205 e. The summed E-state index contributed by atoms with van der Waals surface area (Å²) in [6.07, 6.45) is -0.932. The Kier molecular flexibility index (Phi) is 3.40. The molecule has 0 saturated carbocycles. The highest BCUT2D eigenvalue weighted by Gasteiger charge is 2.71. The molecule has 5 rings (SSSR count). The number of nitriles is 1. The molecule has 1 saturated heterocycles. The average Bonchev–Trinajstić information content (AvgIpc) is 3.48. The summed E-state index contributed by atoms with van der Waals surface area (Å²) in [5, 5.41) is 9.01. The van der Waals surface area contributed by atoms with E-state index >= 15 is 0 Å². The van der Waals surface area contributed by atoms with Gasteiger partial charge in [0.15, 0.2) is 6.10 Å². The van der Waals surface area contributed by atoms with E-state index in [-0.39, 0.29) is 5.78 Å². The second-order valence-corrected chi connectivity index (χ2v) is 6.76. The Morgan fingerprint density at radius 2 is 1.48 bits per heavy atom. The van der Waals surface area contributed by atoms with Crippen LogP contribution in [0.25, 0.3) is 0 Å².